The summed E-state index contributed by atoms with van der Waals surface area (Å²) in [6, 6.07) is 8.93. The molecule has 2 aromatic rings. The summed E-state index contributed by atoms with van der Waals surface area (Å²) in [5.41, 5.74) is 1.15. The van der Waals surface area contributed by atoms with Gasteiger partial charge in [0.1, 0.15) is 23.1 Å². The highest BCUT2D eigenvalue weighted by Gasteiger charge is 2.16. The number of aryl methyl sites for hydroxylation is 1. The first-order valence-electron chi connectivity index (χ1n) is 5.98. The van der Waals surface area contributed by atoms with Crippen LogP contribution in [0.2, 0.25) is 5.02 Å². The SMILES string of the molecule is Cc1ccc(OCc2cccc(F)c2Cl)c(S(N)(=O)=O)c1. The molecule has 21 heavy (non-hydrogen) atoms. The molecule has 0 fully saturated rings. The van der Waals surface area contributed by atoms with Gasteiger partial charge in [-0.1, -0.05) is 29.8 Å². The summed E-state index contributed by atoms with van der Waals surface area (Å²) in [6.07, 6.45) is 0. The first-order valence-corrected chi connectivity index (χ1v) is 7.90. The van der Waals surface area contributed by atoms with E-state index in [1.165, 1.54) is 24.3 Å². The zero-order valence-electron chi connectivity index (χ0n) is 11.1. The average molecular weight is 330 g/mol. The summed E-state index contributed by atoms with van der Waals surface area (Å²) in [4.78, 5) is -0.116. The molecule has 0 atom stereocenters. The van der Waals surface area contributed by atoms with Crippen LogP contribution in [0.25, 0.3) is 0 Å². The lowest BCUT2D eigenvalue weighted by atomic mass is 10.2. The summed E-state index contributed by atoms with van der Waals surface area (Å²) in [6.45, 7) is 1.67. The molecule has 2 aromatic carbocycles. The second kappa shape index (κ2) is 6.01. The van der Waals surface area contributed by atoms with Gasteiger partial charge in [0.15, 0.2) is 0 Å². The van der Waals surface area contributed by atoms with Crippen molar-refractivity contribution in [3.63, 3.8) is 0 Å². The number of ether oxygens (including phenoxy) is 1. The summed E-state index contributed by atoms with van der Waals surface area (Å²) in [5, 5.41) is 5.10. The predicted octanol–water partition coefficient (Wildman–Crippen LogP) is 3.01. The monoisotopic (exact) mass is 329 g/mol. The molecule has 4 nitrogen and oxygen atoms in total. The van der Waals surface area contributed by atoms with Gasteiger partial charge < -0.3 is 4.74 Å². The molecule has 2 rings (SSSR count). The van der Waals surface area contributed by atoms with Crippen molar-refractivity contribution in [2.75, 3.05) is 0 Å². The summed E-state index contributed by atoms with van der Waals surface area (Å²) in [7, 11) is -3.91. The van der Waals surface area contributed by atoms with Gasteiger partial charge in [-0.05, 0) is 30.7 Å². The molecule has 7 heteroatoms. The Morgan fingerprint density at radius 3 is 2.67 bits per heavy atom. The van der Waals surface area contributed by atoms with E-state index in [0.29, 0.717) is 5.56 Å². The summed E-state index contributed by atoms with van der Waals surface area (Å²) < 4.78 is 41.9. The maximum absolute atomic E-state index is 13.3. The Bertz CT molecular complexity index is 778. The topological polar surface area (TPSA) is 69.4 Å². The van der Waals surface area contributed by atoms with Gasteiger partial charge in [0.05, 0.1) is 5.02 Å². The zero-order chi connectivity index (χ0) is 15.6. The van der Waals surface area contributed by atoms with Gasteiger partial charge >= 0.3 is 0 Å². The maximum Gasteiger partial charge on any atom is 0.241 e. The van der Waals surface area contributed by atoms with E-state index in [2.05, 4.69) is 0 Å². The van der Waals surface area contributed by atoms with Crippen LogP contribution in [0.15, 0.2) is 41.3 Å². The normalized spacial score (nSPS) is 11.4. The predicted molar refractivity (Wildman–Crippen MR) is 78.3 cm³/mol. The van der Waals surface area contributed by atoms with Crippen molar-refractivity contribution in [3.8, 4) is 5.75 Å². The molecule has 0 aliphatic heterocycles. The third-order valence-corrected chi connectivity index (χ3v) is 4.18. The molecule has 0 unspecified atom stereocenters. The Morgan fingerprint density at radius 1 is 1.29 bits per heavy atom. The molecule has 0 amide bonds. The summed E-state index contributed by atoms with van der Waals surface area (Å²) >= 11 is 5.82. The van der Waals surface area contributed by atoms with Gasteiger partial charge in [0.25, 0.3) is 0 Å². The number of sulfonamides is 1. The Kier molecular flexibility index (Phi) is 4.51. The highest BCUT2D eigenvalue weighted by atomic mass is 35.5. The number of primary sulfonamides is 1. The van der Waals surface area contributed by atoms with Gasteiger partial charge in [-0.15, -0.1) is 0 Å². The van der Waals surface area contributed by atoms with Gasteiger partial charge in [-0.25, -0.2) is 17.9 Å². The van der Waals surface area contributed by atoms with Gasteiger partial charge in [-0.3, -0.25) is 0 Å². The minimum Gasteiger partial charge on any atom is -0.487 e. The molecule has 0 spiro atoms. The smallest absolute Gasteiger partial charge is 0.241 e. The molecule has 0 heterocycles. The third kappa shape index (κ3) is 3.72. The standard InChI is InChI=1S/C14H13ClFNO3S/c1-9-5-6-12(13(7-9)21(17,18)19)20-8-10-3-2-4-11(16)14(10)15/h2-7H,8H2,1H3,(H2,17,18,19). The van der Waals surface area contributed by atoms with E-state index >= 15 is 0 Å². The molecule has 0 saturated carbocycles. The van der Waals surface area contributed by atoms with Crippen LogP contribution >= 0.6 is 11.6 Å². The van der Waals surface area contributed by atoms with Crippen molar-refractivity contribution in [2.45, 2.75) is 18.4 Å². The number of hydrogen-bond donors (Lipinski definition) is 1. The van der Waals surface area contributed by atoms with Crippen molar-refractivity contribution in [3.05, 3.63) is 58.4 Å². The number of rotatable bonds is 4. The van der Waals surface area contributed by atoms with E-state index in [-0.39, 0.29) is 22.3 Å². The van der Waals surface area contributed by atoms with Crippen molar-refractivity contribution in [1.29, 1.82) is 0 Å². The second-order valence-corrected chi connectivity index (χ2v) is 6.40. The van der Waals surface area contributed by atoms with Gasteiger partial charge in [0, 0.05) is 5.56 Å². The highest BCUT2D eigenvalue weighted by Crippen LogP contribution is 2.26. The van der Waals surface area contributed by atoms with E-state index in [4.69, 9.17) is 21.5 Å². The summed E-state index contributed by atoms with van der Waals surface area (Å²) in [5.74, 6) is -0.461. The lowest BCUT2D eigenvalue weighted by molar-refractivity contribution is 0.297. The first-order chi connectivity index (χ1) is 9.79. The van der Waals surface area contributed by atoms with Crippen molar-refractivity contribution in [1.82, 2.24) is 0 Å². The van der Waals surface area contributed by atoms with Crippen LogP contribution in [0.4, 0.5) is 4.39 Å². The van der Waals surface area contributed by atoms with Crippen LogP contribution in [-0.2, 0) is 16.6 Å². The molecule has 0 saturated heterocycles. The quantitative estimate of drug-likeness (QED) is 0.937. The molecular weight excluding hydrogens is 317 g/mol. The molecular formula is C14H13ClFNO3S. The fourth-order valence-corrected chi connectivity index (χ4v) is 2.71. The van der Waals surface area contributed by atoms with E-state index in [9.17, 15) is 12.8 Å². The Morgan fingerprint density at radius 2 is 2.00 bits per heavy atom. The van der Waals surface area contributed by atoms with Crippen molar-refractivity contribution in [2.24, 2.45) is 5.14 Å². The zero-order valence-corrected chi connectivity index (χ0v) is 12.7. The molecule has 0 aliphatic carbocycles. The average Bonchev–Trinajstić information content (AvgIpc) is 2.40. The Labute approximate surface area is 127 Å². The van der Waals surface area contributed by atoms with Crippen LogP contribution in [0.3, 0.4) is 0 Å². The van der Waals surface area contributed by atoms with E-state index in [1.807, 2.05) is 0 Å². The van der Waals surface area contributed by atoms with E-state index in [0.717, 1.165) is 5.56 Å². The van der Waals surface area contributed by atoms with Crippen LogP contribution in [-0.4, -0.2) is 8.42 Å². The lowest BCUT2D eigenvalue weighted by Gasteiger charge is -2.12. The van der Waals surface area contributed by atoms with Crippen LogP contribution in [0.1, 0.15) is 11.1 Å². The fraction of sp³-hybridized carbons (Fsp3) is 0.143. The number of halogens is 2. The molecule has 0 aliphatic rings. The largest absolute Gasteiger partial charge is 0.487 e. The number of nitrogens with two attached hydrogens (primary N) is 1. The number of hydrogen-bond acceptors (Lipinski definition) is 3. The van der Waals surface area contributed by atoms with E-state index in [1.54, 1.807) is 19.1 Å². The van der Waals surface area contributed by atoms with Gasteiger partial charge in [-0.2, -0.15) is 0 Å². The van der Waals surface area contributed by atoms with Crippen LogP contribution in [0, 0.1) is 12.7 Å². The minimum atomic E-state index is -3.91. The first kappa shape index (κ1) is 15.8. The van der Waals surface area contributed by atoms with Gasteiger partial charge in [0.2, 0.25) is 10.0 Å². The van der Waals surface area contributed by atoms with E-state index < -0.39 is 15.8 Å². The van der Waals surface area contributed by atoms with Crippen LogP contribution in [0.5, 0.6) is 5.75 Å². The third-order valence-electron chi connectivity index (χ3n) is 2.82. The molecule has 112 valence electrons. The molecule has 0 bridgehead atoms. The molecule has 0 radical (unpaired) electrons. The highest BCUT2D eigenvalue weighted by molar-refractivity contribution is 7.89. The fourth-order valence-electron chi connectivity index (χ4n) is 1.77. The second-order valence-electron chi connectivity index (χ2n) is 4.50. The van der Waals surface area contributed by atoms with Crippen LogP contribution < -0.4 is 9.88 Å². The Balaban J connectivity index is 2.31. The minimum absolute atomic E-state index is 0.0539. The molecule has 0 aromatic heterocycles. The lowest BCUT2D eigenvalue weighted by Crippen LogP contribution is -2.14. The van der Waals surface area contributed by atoms with Crippen molar-refractivity contribution >= 4 is 21.6 Å². The van der Waals surface area contributed by atoms with Crippen molar-refractivity contribution < 1.29 is 17.5 Å². The molecule has 2 N–H and O–H groups in total. The maximum atomic E-state index is 13.3. The Hall–Kier alpha value is -1.63. The number of benzene rings is 2.